The number of carbonyl (C=O) groups is 1. The highest BCUT2D eigenvalue weighted by Crippen LogP contribution is 2.23. The number of nitrogens with zero attached hydrogens (tertiary/aromatic N) is 3. The highest BCUT2D eigenvalue weighted by molar-refractivity contribution is 7.99. The topological polar surface area (TPSA) is 38.8 Å². The molecule has 0 unspecified atom stereocenters. The summed E-state index contributed by atoms with van der Waals surface area (Å²) in [7, 11) is 0. The van der Waals surface area contributed by atoms with Crippen LogP contribution in [0, 0.1) is 0 Å². The number of thioether (sulfide) groups is 1. The zero-order valence-electron chi connectivity index (χ0n) is 14.0. The zero-order chi connectivity index (χ0) is 15.5. The molecule has 0 spiro atoms. The van der Waals surface area contributed by atoms with Crippen LogP contribution in [0.4, 0.5) is 0 Å². The Bertz CT molecular complexity index is 370. The van der Waals surface area contributed by atoms with Gasteiger partial charge in [0, 0.05) is 63.0 Å². The van der Waals surface area contributed by atoms with Gasteiger partial charge in [0.2, 0.25) is 5.91 Å². The van der Waals surface area contributed by atoms with E-state index in [1.165, 1.54) is 19.4 Å². The van der Waals surface area contributed by atoms with Crippen molar-refractivity contribution in [3.63, 3.8) is 0 Å². The van der Waals surface area contributed by atoms with Crippen molar-refractivity contribution in [3.8, 4) is 0 Å². The Hall–Kier alpha value is -0.300. The van der Waals surface area contributed by atoms with Gasteiger partial charge in [-0.2, -0.15) is 0 Å². The molecule has 0 aliphatic carbocycles. The van der Waals surface area contributed by atoms with Crippen LogP contribution in [0.2, 0.25) is 0 Å². The van der Waals surface area contributed by atoms with Crippen LogP contribution in [-0.4, -0.2) is 89.6 Å². The Morgan fingerprint density at radius 2 is 1.77 bits per heavy atom. The summed E-state index contributed by atoms with van der Waals surface area (Å²) in [5.74, 6) is 2.17. The lowest BCUT2D eigenvalue weighted by Crippen LogP contribution is -2.54. The Morgan fingerprint density at radius 1 is 1.09 bits per heavy atom. The van der Waals surface area contributed by atoms with E-state index in [4.69, 9.17) is 0 Å². The highest BCUT2D eigenvalue weighted by Gasteiger charge is 2.30. The Morgan fingerprint density at radius 3 is 2.36 bits per heavy atom. The van der Waals surface area contributed by atoms with Gasteiger partial charge in [0.1, 0.15) is 0 Å². The van der Waals surface area contributed by atoms with Gasteiger partial charge in [-0.3, -0.25) is 19.9 Å². The first-order chi connectivity index (χ1) is 10.6. The average molecular weight is 327 g/mol. The number of hydrogen-bond acceptors (Lipinski definition) is 5. The van der Waals surface area contributed by atoms with E-state index in [1.54, 1.807) is 0 Å². The molecule has 1 N–H and O–H groups in total. The molecule has 6 heteroatoms. The predicted molar refractivity (Wildman–Crippen MR) is 92.1 cm³/mol. The summed E-state index contributed by atoms with van der Waals surface area (Å²) in [5.41, 5.74) is 0. The van der Waals surface area contributed by atoms with Gasteiger partial charge in [-0.1, -0.05) is 0 Å². The van der Waals surface area contributed by atoms with E-state index < -0.39 is 0 Å². The van der Waals surface area contributed by atoms with Gasteiger partial charge >= 0.3 is 0 Å². The molecule has 3 aliphatic heterocycles. The maximum Gasteiger partial charge on any atom is 0.240 e. The molecule has 3 fully saturated rings. The number of amides is 1. The molecule has 1 amide bonds. The molecular weight excluding hydrogens is 296 g/mol. The molecule has 0 saturated carbocycles. The van der Waals surface area contributed by atoms with E-state index in [1.807, 2.05) is 11.8 Å². The van der Waals surface area contributed by atoms with Gasteiger partial charge in [-0.05, 0) is 26.7 Å². The second kappa shape index (κ2) is 7.51. The van der Waals surface area contributed by atoms with Crippen LogP contribution < -0.4 is 5.32 Å². The molecule has 0 radical (unpaired) electrons. The van der Waals surface area contributed by atoms with Crippen LogP contribution in [0.5, 0.6) is 0 Å². The van der Waals surface area contributed by atoms with Crippen LogP contribution >= 0.6 is 11.8 Å². The fourth-order valence-corrected chi connectivity index (χ4v) is 4.85. The van der Waals surface area contributed by atoms with Gasteiger partial charge in [0.25, 0.3) is 0 Å². The summed E-state index contributed by atoms with van der Waals surface area (Å²) in [6.07, 6.45) is 2.69. The van der Waals surface area contributed by atoms with Crippen LogP contribution in [-0.2, 0) is 4.79 Å². The lowest BCUT2D eigenvalue weighted by Gasteiger charge is -2.37. The fourth-order valence-electron chi connectivity index (χ4n) is 3.91. The van der Waals surface area contributed by atoms with Crippen molar-refractivity contribution in [2.45, 2.75) is 44.8 Å². The summed E-state index contributed by atoms with van der Waals surface area (Å²) in [6.45, 7) is 10.9. The average Bonchev–Trinajstić information content (AvgIpc) is 3.17. The van der Waals surface area contributed by atoms with Crippen LogP contribution in [0.3, 0.4) is 0 Å². The number of hydrogen-bond donors (Lipinski definition) is 1. The summed E-state index contributed by atoms with van der Waals surface area (Å²) in [5, 5.41) is 3.29. The van der Waals surface area contributed by atoms with Crippen molar-refractivity contribution in [3.05, 3.63) is 0 Å². The first kappa shape index (κ1) is 16.6. The van der Waals surface area contributed by atoms with Crippen LogP contribution in [0.25, 0.3) is 0 Å². The van der Waals surface area contributed by atoms with E-state index in [2.05, 4.69) is 33.9 Å². The lowest BCUT2D eigenvalue weighted by atomic mass is 10.2. The number of nitrogens with one attached hydrogen (secondary N) is 1. The quantitative estimate of drug-likeness (QED) is 0.822. The van der Waals surface area contributed by atoms with Gasteiger partial charge in [-0.25, -0.2) is 0 Å². The van der Waals surface area contributed by atoms with Gasteiger partial charge in [0.05, 0.1) is 6.04 Å². The van der Waals surface area contributed by atoms with Crippen molar-refractivity contribution < 1.29 is 4.79 Å². The van der Waals surface area contributed by atoms with Crippen molar-refractivity contribution in [2.75, 3.05) is 50.9 Å². The summed E-state index contributed by atoms with van der Waals surface area (Å²) in [6, 6.07) is 1.54. The number of piperazine rings is 1. The Kier molecular flexibility index (Phi) is 5.65. The van der Waals surface area contributed by atoms with Crippen LogP contribution in [0.15, 0.2) is 0 Å². The molecule has 3 atom stereocenters. The number of carbonyl (C=O) groups excluding carboxylic acids is 1. The lowest BCUT2D eigenvalue weighted by molar-refractivity contribution is -0.134. The minimum Gasteiger partial charge on any atom is -0.339 e. The van der Waals surface area contributed by atoms with Gasteiger partial charge in [0.15, 0.2) is 0 Å². The maximum absolute atomic E-state index is 12.4. The number of likely N-dealkylation sites (tertiary alicyclic amines) is 1. The molecule has 22 heavy (non-hydrogen) atoms. The first-order valence-corrected chi connectivity index (χ1v) is 9.88. The largest absolute Gasteiger partial charge is 0.339 e. The molecule has 0 aromatic rings. The van der Waals surface area contributed by atoms with Crippen LogP contribution in [0.1, 0.15) is 26.7 Å². The second-order valence-corrected chi connectivity index (χ2v) is 7.98. The standard InChI is InChI=1S/C16H30N4OS/c1-13-3-4-14(2)20(13)10-7-18-5-8-19(9-6-18)16(21)15-11-22-12-17-15/h13-15,17H,3-12H2,1-2H3/t13-,14+,15-/m1/s1. The van der Waals surface area contributed by atoms with Crippen molar-refractivity contribution in [2.24, 2.45) is 0 Å². The molecular formula is C16H30N4OS. The van der Waals surface area contributed by atoms with E-state index in [0.29, 0.717) is 5.91 Å². The monoisotopic (exact) mass is 326 g/mol. The Balaban J connectivity index is 1.39. The molecule has 3 aliphatic rings. The SMILES string of the molecule is C[C@@H]1CC[C@H](C)N1CCN1CCN(C(=O)[C@H]2CSCN2)CC1. The van der Waals surface area contributed by atoms with Gasteiger partial charge in [-0.15, -0.1) is 11.8 Å². The van der Waals surface area contributed by atoms with E-state index in [0.717, 1.165) is 56.4 Å². The molecule has 5 nitrogen and oxygen atoms in total. The molecule has 3 saturated heterocycles. The summed E-state index contributed by atoms with van der Waals surface area (Å²) in [4.78, 5) is 19.6. The zero-order valence-corrected chi connectivity index (χ0v) is 14.8. The van der Waals surface area contributed by atoms with Crippen molar-refractivity contribution in [1.82, 2.24) is 20.0 Å². The maximum atomic E-state index is 12.4. The van der Waals surface area contributed by atoms with E-state index >= 15 is 0 Å². The van der Waals surface area contributed by atoms with E-state index in [-0.39, 0.29) is 6.04 Å². The summed E-state index contributed by atoms with van der Waals surface area (Å²) < 4.78 is 0. The molecule has 0 bridgehead atoms. The Labute approximate surface area is 138 Å². The van der Waals surface area contributed by atoms with Crippen molar-refractivity contribution >= 4 is 17.7 Å². The normalized spacial score (nSPS) is 34.5. The van der Waals surface area contributed by atoms with E-state index in [9.17, 15) is 4.79 Å². The third kappa shape index (κ3) is 3.78. The smallest absolute Gasteiger partial charge is 0.240 e. The third-order valence-corrected chi connectivity index (χ3v) is 6.45. The molecule has 126 valence electrons. The molecule has 0 aromatic heterocycles. The highest BCUT2D eigenvalue weighted by atomic mass is 32.2. The molecule has 3 rings (SSSR count). The second-order valence-electron chi connectivity index (χ2n) is 6.95. The molecule has 0 aromatic carbocycles. The minimum absolute atomic E-state index is 0.0582. The third-order valence-electron chi connectivity index (χ3n) is 5.51. The molecule has 3 heterocycles. The summed E-state index contributed by atoms with van der Waals surface area (Å²) >= 11 is 1.82. The minimum atomic E-state index is 0.0582. The van der Waals surface area contributed by atoms with Crippen molar-refractivity contribution in [1.29, 1.82) is 0 Å². The number of rotatable bonds is 4. The van der Waals surface area contributed by atoms with Gasteiger partial charge < -0.3 is 4.90 Å². The first-order valence-electron chi connectivity index (χ1n) is 8.73. The predicted octanol–water partition coefficient (Wildman–Crippen LogP) is 0.666. The fraction of sp³-hybridized carbons (Fsp3) is 0.938.